The standard InChI is InChI=1S/C8H10BrNO2/c1-12-7-3-6(9)2-5(4-11)8(7)10/h2-3,11H,4,10H2,1H3. The Kier molecular flexibility index (Phi) is 2.94. The summed E-state index contributed by atoms with van der Waals surface area (Å²) in [5, 5.41) is 8.91. The van der Waals surface area contributed by atoms with E-state index in [9.17, 15) is 0 Å². The molecule has 0 bridgehead atoms. The quantitative estimate of drug-likeness (QED) is 0.760. The first-order valence-corrected chi connectivity index (χ1v) is 4.21. The number of aliphatic hydroxyl groups excluding tert-OH is 1. The molecule has 0 spiro atoms. The minimum Gasteiger partial charge on any atom is -0.495 e. The summed E-state index contributed by atoms with van der Waals surface area (Å²) in [4.78, 5) is 0. The Labute approximate surface area is 79.3 Å². The third kappa shape index (κ3) is 1.70. The number of aliphatic hydroxyl groups is 1. The van der Waals surface area contributed by atoms with Gasteiger partial charge >= 0.3 is 0 Å². The number of ether oxygens (including phenoxy) is 1. The summed E-state index contributed by atoms with van der Waals surface area (Å²) in [6, 6.07) is 3.52. The predicted octanol–water partition coefficient (Wildman–Crippen LogP) is 1.53. The molecule has 3 nitrogen and oxygen atoms in total. The first kappa shape index (κ1) is 9.35. The first-order chi connectivity index (χ1) is 5.69. The molecule has 0 saturated carbocycles. The van der Waals surface area contributed by atoms with Gasteiger partial charge in [0.2, 0.25) is 0 Å². The molecule has 1 aromatic carbocycles. The highest BCUT2D eigenvalue weighted by atomic mass is 79.9. The van der Waals surface area contributed by atoms with Crippen LogP contribution in [0.25, 0.3) is 0 Å². The fourth-order valence-electron chi connectivity index (χ4n) is 0.947. The van der Waals surface area contributed by atoms with Crippen molar-refractivity contribution in [3.63, 3.8) is 0 Å². The van der Waals surface area contributed by atoms with E-state index in [0.29, 0.717) is 17.0 Å². The summed E-state index contributed by atoms with van der Waals surface area (Å²) < 4.78 is 5.85. The van der Waals surface area contributed by atoms with Gasteiger partial charge in [-0.25, -0.2) is 0 Å². The highest BCUT2D eigenvalue weighted by Gasteiger charge is 2.05. The number of nitrogens with two attached hydrogens (primary N) is 1. The van der Waals surface area contributed by atoms with Crippen LogP contribution in [0.15, 0.2) is 16.6 Å². The van der Waals surface area contributed by atoms with Crippen molar-refractivity contribution in [2.24, 2.45) is 0 Å². The predicted molar refractivity (Wildman–Crippen MR) is 51.0 cm³/mol. The van der Waals surface area contributed by atoms with Crippen molar-refractivity contribution in [1.82, 2.24) is 0 Å². The topological polar surface area (TPSA) is 55.5 Å². The van der Waals surface area contributed by atoms with Crippen molar-refractivity contribution in [2.45, 2.75) is 6.61 Å². The van der Waals surface area contributed by atoms with E-state index in [-0.39, 0.29) is 6.61 Å². The van der Waals surface area contributed by atoms with Gasteiger partial charge in [0.25, 0.3) is 0 Å². The lowest BCUT2D eigenvalue weighted by Crippen LogP contribution is -1.98. The van der Waals surface area contributed by atoms with E-state index in [1.165, 1.54) is 0 Å². The molecule has 0 heterocycles. The molecule has 66 valence electrons. The number of hydrogen-bond donors (Lipinski definition) is 2. The zero-order valence-corrected chi connectivity index (χ0v) is 8.26. The van der Waals surface area contributed by atoms with Crippen molar-refractivity contribution >= 4 is 21.6 Å². The molecule has 12 heavy (non-hydrogen) atoms. The summed E-state index contributed by atoms with van der Waals surface area (Å²) in [7, 11) is 1.54. The smallest absolute Gasteiger partial charge is 0.143 e. The molecule has 1 rings (SSSR count). The fourth-order valence-corrected chi connectivity index (χ4v) is 1.43. The van der Waals surface area contributed by atoms with E-state index < -0.39 is 0 Å². The molecule has 0 aliphatic heterocycles. The number of nitrogen functional groups attached to an aromatic ring is 1. The third-order valence-corrected chi connectivity index (χ3v) is 2.04. The Morgan fingerprint density at radius 3 is 2.75 bits per heavy atom. The number of rotatable bonds is 2. The second kappa shape index (κ2) is 3.78. The van der Waals surface area contributed by atoms with Crippen molar-refractivity contribution < 1.29 is 9.84 Å². The monoisotopic (exact) mass is 231 g/mol. The highest BCUT2D eigenvalue weighted by Crippen LogP contribution is 2.29. The second-order valence-corrected chi connectivity index (χ2v) is 3.25. The van der Waals surface area contributed by atoms with E-state index in [2.05, 4.69) is 15.9 Å². The van der Waals surface area contributed by atoms with Crippen molar-refractivity contribution in [3.05, 3.63) is 22.2 Å². The summed E-state index contributed by atoms with van der Waals surface area (Å²) in [6.07, 6.45) is 0. The average Bonchev–Trinajstić information content (AvgIpc) is 2.08. The van der Waals surface area contributed by atoms with Gasteiger partial charge in [-0.2, -0.15) is 0 Å². The van der Waals surface area contributed by atoms with Crippen LogP contribution in [0.4, 0.5) is 5.69 Å². The zero-order valence-electron chi connectivity index (χ0n) is 6.67. The van der Waals surface area contributed by atoms with Crippen molar-refractivity contribution in [3.8, 4) is 5.75 Å². The molecule has 4 heteroatoms. The summed E-state index contributed by atoms with van der Waals surface area (Å²) in [6.45, 7) is -0.0817. The Hall–Kier alpha value is -0.740. The lowest BCUT2D eigenvalue weighted by molar-refractivity contribution is 0.282. The molecule has 0 aromatic heterocycles. The van der Waals surface area contributed by atoms with Gasteiger partial charge in [-0.3, -0.25) is 0 Å². The number of halogens is 1. The van der Waals surface area contributed by atoms with Gasteiger partial charge in [0.05, 0.1) is 19.4 Å². The molecular formula is C8H10BrNO2. The summed E-state index contributed by atoms with van der Waals surface area (Å²) in [5.41, 5.74) is 6.82. The minimum atomic E-state index is -0.0817. The molecular weight excluding hydrogens is 222 g/mol. The van der Waals surface area contributed by atoms with Crippen LogP contribution in [0.1, 0.15) is 5.56 Å². The number of anilines is 1. The van der Waals surface area contributed by atoms with Crippen LogP contribution in [0.5, 0.6) is 5.75 Å². The Morgan fingerprint density at radius 2 is 2.25 bits per heavy atom. The lowest BCUT2D eigenvalue weighted by atomic mass is 10.2. The van der Waals surface area contributed by atoms with Gasteiger partial charge in [-0.15, -0.1) is 0 Å². The molecule has 0 radical (unpaired) electrons. The lowest BCUT2D eigenvalue weighted by Gasteiger charge is -2.08. The Balaban J connectivity index is 3.22. The summed E-state index contributed by atoms with van der Waals surface area (Å²) in [5.74, 6) is 0.577. The molecule has 0 amide bonds. The van der Waals surface area contributed by atoms with Gasteiger partial charge in [0.1, 0.15) is 5.75 Å². The van der Waals surface area contributed by atoms with Crippen LogP contribution in [-0.4, -0.2) is 12.2 Å². The van der Waals surface area contributed by atoms with E-state index in [1.807, 2.05) is 0 Å². The van der Waals surface area contributed by atoms with Crippen molar-refractivity contribution in [1.29, 1.82) is 0 Å². The molecule has 0 saturated heterocycles. The number of methoxy groups -OCH3 is 1. The van der Waals surface area contributed by atoms with Gasteiger partial charge in [-0.05, 0) is 12.1 Å². The normalized spacial score (nSPS) is 9.92. The maximum Gasteiger partial charge on any atom is 0.143 e. The number of hydrogen-bond acceptors (Lipinski definition) is 3. The molecule has 0 unspecified atom stereocenters. The van der Waals surface area contributed by atoms with Crippen LogP contribution < -0.4 is 10.5 Å². The largest absolute Gasteiger partial charge is 0.495 e. The van der Waals surface area contributed by atoms with Gasteiger partial charge in [0, 0.05) is 10.0 Å². The second-order valence-electron chi connectivity index (χ2n) is 2.34. The molecule has 3 N–H and O–H groups in total. The van der Waals surface area contributed by atoms with E-state index >= 15 is 0 Å². The SMILES string of the molecule is COc1cc(Br)cc(CO)c1N. The third-order valence-electron chi connectivity index (χ3n) is 1.58. The molecule has 0 aliphatic rings. The minimum absolute atomic E-state index is 0.0817. The van der Waals surface area contributed by atoms with Gasteiger partial charge in [-0.1, -0.05) is 15.9 Å². The molecule has 0 fully saturated rings. The van der Waals surface area contributed by atoms with E-state index in [0.717, 1.165) is 4.47 Å². The van der Waals surface area contributed by atoms with Crippen molar-refractivity contribution in [2.75, 3.05) is 12.8 Å². The molecule has 0 aliphatic carbocycles. The van der Waals surface area contributed by atoms with Crippen LogP contribution in [0.3, 0.4) is 0 Å². The van der Waals surface area contributed by atoms with E-state index in [4.69, 9.17) is 15.6 Å². The van der Waals surface area contributed by atoms with Crippen LogP contribution in [0.2, 0.25) is 0 Å². The zero-order chi connectivity index (χ0) is 9.14. The number of benzene rings is 1. The van der Waals surface area contributed by atoms with Crippen LogP contribution in [-0.2, 0) is 6.61 Å². The fraction of sp³-hybridized carbons (Fsp3) is 0.250. The molecule has 0 atom stereocenters. The first-order valence-electron chi connectivity index (χ1n) is 3.41. The molecule has 1 aromatic rings. The van der Waals surface area contributed by atoms with Crippen LogP contribution in [0, 0.1) is 0 Å². The average molecular weight is 232 g/mol. The maximum atomic E-state index is 8.91. The highest BCUT2D eigenvalue weighted by molar-refractivity contribution is 9.10. The maximum absolute atomic E-state index is 8.91. The Bertz CT molecular complexity index is 263. The van der Waals surface area contributed by atoms with E-state index in [1.54, 1.807) is 19.2 Å². The van der Waals surface area contributed by atoms with Gasteiger partial charge < -0.3 is 15.6 Å². The van der Waals surface area contributed by atoms with Crippen LogP contribution >= 0.6 is 15.9 Å². The Morgan fingerprint density at radius 1 is 1.58 bits per heavy atom. The summed E-state index contributed by atoms with van der Waals surface area (Å²) >= 11 is 3.28. The van der Waals surface area contributed by atoms with Gasteiger partial charge in [0.15, 0.2) is 0 Å².